The van der Waals surface area contributed by atoms with E-state index in [9.17, 15) is 5.11 Å². The van der Waals surface area contributed by atoms with E-state index in [1.165, 1.54) is 12.8 Å². The summed E-state index contributed by atoms with van der Waals surface area (Å²) in [4.78, 5) is 0. The van der Waals surface area contributed by atoms with Crippen LogP contribution in [0.5, 0.6) is 0 Å². The standard InChI is InChI=1S/C10H18O3/c1-7(11)9-8-5-3-4-6-10(2,12-8)13-9/h7-9,11H,3-6H2,1-2H3/t7-,8-,9-,10-/m1/s1. The maximum Gasteiger partial charge on any atom is 0.166 e. The Bertz CT molecular complexity index is 193. The first kappa shape index (κ1) is 9.44. The van der Waals surface area contributed by atoms with Crippen molar-refractivity contribution in [3.05, 3.63) is 0 Å². The van der Waals surface area contributed by atoms with Crippen LogP contribution in [0, 0.1) is 0 Å². The van der Waals surface area contributed by atoms with Crippen LogP contribution in [0.25, 0.3) is 0 Å². The lowest BCUT2D eigenvalue weighted by Crippen LogP contribution is -2.34. The predicted octanol–water partition coefficient (Wildman–Crippen LogP) is 1.44. The Morgan fingerprint density at radius 3 is 2.85 bits per heavy atom. The molecule has 0 aromatic heterocycles. The molecule has 2 rings (SSSR count). The number of aliphatic hydroxyl groups is 1. The highest BCUT2D eigenvalue weighted by molar-refractivity contribution is 4.88. The molecule has 13 heavy (non-hydrogen) atoms. The molecular weight excluding hydrogens is 168 g/mol. The third-order valence-electron chi connectivity index (χ3n) is 3.00. The molecule has 2 bridgehead atoms. The lowest BCUT2D eigenvalue weighted by atomic mass is 10.0. The SMILES string of the molecule is C[C@@H](O)[C@H]1O[C@]2(C)CCCC[C@H]1O2. The lowest BCUT2D eigenvalue weighted by Gasteiger charge is -2.24. The molecule has 0 spiro atoms. The van der Waals surface area contributed by atoms with Crippen molar-refractivity contribution < 1.29 is 14.6 Å². The van der Waals surface area contributed by atoms with Crippen LogP contribution in [-0.2, 0) is 9.47 Å². The number of hydrogen-bond donors (Lipinski definition) is 1. The minimum absolute atomic E-state index is 0.104. The molecule has 0 radical (unpaired) electrons. The van der Waals surface area contributed by atoms with Crippen LogP contribution in [0.15, 0.2) is 0 Å². The van der Waals surface area contributed by atoms with E-state index in [1.807, 2.05) is 6.92 Å². The van der Waals surface area contributed by atoms with Crippen molar-refractivity contribution in [3.63, 3.8) is 0 Å². The topological polar surface area (TPSA) is 38.7 Å². The van der Waals surface area contributed by atoms with Crippen LogP contribution >= 0.6 is 0 Å². The van der Waals surface area contributed by atoms with Crippen molar-refractivity contribution >= 4 is 0 Å². The van der Waals surface area contributed by atoms with Crippen LogP contribution in [0.1, 0.15) is 39.5 Å². The smallest absolute Gasteiger partial charge is 0.166 e. The monoisotopic (exact) mass is 186 g/mol. The van der Waals surface area contributed by atoms with Gasteiger partial charge in [-0.05, 0) is 26.7 Å². The van der Waals surface area contributed by atoms with E-state index >= 15 is 0 Å². The molecule has 2 fully saturated rings. The van der Waals surface area contributed by atoms with Crippen molar-refractivity contribution in [1.29, 1.82) is 0 Å². The molecule has 0 unspecified atom stereocenters. The van der Waals surface area contributed by atoms with Crippen molar-refractivity contribution in [2.75, 3.05) is 0 Å². The third kappa shape index (κ3) is 1.73. The largest absolute Gasteiger partial charge is 0.391 e. The van der Waals surface area contributed by atoms with Crippen molar-refractivity contribution in [2.24, 2.45) is 0 Å². The van der Waals surface area contributed by atoms with Gasteiger partial charge in [-0.3, -0.25) is 0 Å². The second kappa shape index (κ2) is 3.23. The summed E-state index contributed by atoms with van der Waals surface area (Å²) < 4.78 is 11.5. The van der Waals surface area contributed by atoms with Crippen LogP contribution in [0.4, 0.5) is 0 Å². The summed E-state index contributed by atoms with van der Waals surface area (Å²) in [5.41, 5.74) is 0. The molecule has 0 aromatic carbocycles. The summed E-state index contributed by atoms with van der Waals surface area (Å²) >= 11 is 0. The summed E-state index contributed by atoms with van der Waals surface area (Å²) in [5.74, 6) is -0.428. The molecule has 1 N–H and O–H groups in total. The van der Waals surface area contributed by atoms with Crippen LogP contribution in [-0.4, -0.2) is 29.2 Å². The number of fused-ring (bicyclic) bond motifs is 2. The van der Waals surface area contributed by atoms with Gasteiger partial charge >= 0.3 is 0 Å². The van der Waals surface area contributed by atoms with Crippen LogP contribution in [0.2, 0.25) is 0 Å². The van der Waals surface area contributed by atoms with Gasteiger partial charge in [-0.2, -0.15) is 0 Å². The van der Waals surface area contributed by atoms with Crippen molar-refractivity contribution in [3.8, 4) is 0 Å². The molecule has 0 saturated carbocycles. The van der Waals surface area contributed by atoms with Gasteiger partial charge in [0.05, 0.1) is 12.2 Å². The van der Waals surface area contributed by atoms with Crippen LogP contribution < -0.4 is 0 Å². The van der Waals surface area contributed by atoms with E-state index in [1.54, 1.807) is 6.92 Å². The Hall–Kier alpha value is -0.120. The fourth-order valence-electron chi connectivity index (χ4n) is 2.32. The Morgan fingerprint density at radius 1 is 1.38 bits per heavy atom. The van der Waals surface area contributed by atoms with Gasteiger partial charge in [-0.15, -0.1) is 0 Å². The van der Waals surface area contributed by atoms with E-state index < -0.39 is 11.9 Å². The molecule has 2 heterocycles. The number of rotatable bonds is 1. The van der Waals surface area contributed by atoms with Gasteiger partial charge in [0, 0.05) is 6.42 Å². The molecule has 76 valence electrons. The maximum absolute atomic E-state index is 9.50. The second-order valence-electron chi connectivity index (χ2n) is 4.36. The molecule has 0 aromatic rings. The zero-order valence-corrected chi connectivity index (χ0v) is 8.32. The predicted molar refractivity (Wildman–Crippen MR) is 48.3 cm³/mol. The van der Waals surface area contributed by atoms with Gasteiger partial charge in [0.25, 0.3) is 0 Å². The fraction of sp³-hybridized carbons (Fsp3) is 1.00. The molecule has 2 aliphatic heterocycles. The lowest BCUT2D eigenvalue weighted by molar-refractivity contribution is -0.169. The Balaban J connectivity index is 2.12. The summed E-state index contributed by atoms with van der Waals surface area (Å²) in [6.45, 7) is 3.75. The average Bonchev–Trinajstić information content (AvgIpc) is 2.23. The molecule has 2 aliphatic rings. The van der Waals surface area contributed by atoms with Gasteiger partial charge in [0.2, 0.25) is 0 Å². The molecule has 2 saturated heterocycles. The van der Waals surface area contributed by atoms with Crippen LogP contribution in [0.3, 0.4) is 0 Å². The average molecular weight is 186 g/mol. The van der Waals surface area contributed by atoms with Gasteiger partial charge in [0.15, 0.2) is 5.79 Å². The van der Waals surface area contributed by atoms with Gasteiger partial charge in [0.1, 0.15) is 6.10 Å². The molecule has 0 aliphatic carbocycles. The summed E-state index contributed by atoms with van der Waals surface area (Å²) in [5, 5.41) is 9.50. The van der Waals surface area contributed by atoms with Gasteiger partial charge in [-0.25, -0.2) is 0 Å². The molecule has 0 amide bonds. The Kier molecular flexibility index (Phi) is 2.34. The highest BCUT2D eigenvalue weighted by atomic mass is 16.8. The quantitative estimate of drug-likeness (QED) is 0.673. The van der Waals surface area contributed by atoms with E-state index in [4.69, 9.17) is 9.47 Å². The third-order valence-corrected chi connectivity index (χ3v) is 3.00. The Labute approximate surface area is 79.0 Å². The number of hydrogen-bond acceptors (Lipinski definition) is 3. The summed E-state index contributed by atoms with van der Waals surface area (Å²) in [6, 6.07) is 0. The molecular formula is C10H18O3. The Morgan fingerprint density at radius 2 is 2.15 bits per heavy atom. The molecule has 3 heteroatoms. The van der Waals surface area contributed by atoms with Gasteiger partial charge < -0.3 is 14.6 Å². The minimum atomic E-state index is -0.428. The normalized spacial score (nSPS) is 47.3. The van der Waals surface area contributed by atoms with Crippen molar-refractivity contribution in [2.45, 2.75) is 63.6 Å². The fourth-order valence-corrected chi connectivity index (χ4v) is 2.32. The second-order valence-corrected chi connectivity index (χ2v) is 4.36. The van der Waals surface area contributed by atoms with Crippen molar-refractivity contribution in [1.82, 2.24) is 0 Å². The zero-order valence-electron chi connectivity index (χ0n) is 8.32. The highest BCUT2D eigenvalue weighted by Gasteiger charge is 2.46. The maximum atomic E-state index is 9.50. The summed E-state index contributed by atoms with van der Waals surface area (Å²) in [6.07, 6.45) is 3.88. The van der Waals surface area contributed by atoms with E-state index in [0.717, 1.165) is 12.8 Å². The number of aliphatic hydroxyl groups excluding tert-OH is 1. The van der Waals surface area contributed by atoms with E-state index in [2.05, 4.69) is 0 Å². The molecule has 4 atom stereocenters. The minimum Gasteiger partial charge on any atom is -0.391 e. The first-order valence-electron chi connectivity index (χ1n) is 5.14. The summed E-state index contributed by atoms with van der Waals surface area (Å²) in [7, 11) is 0. The first-order valence-corrected chi connectivity index (χ1v) is 5.14. The zero-order chi connectivity index (χ0) is 9.47. The van der Waals surface area contributed by atoms with E-state index in [0.29, 0.717) is 0 Å². The highest BCUT2D eigenvalue weighted by Crippen LogP contribution is 2.39. The van der Waals surface area contributed by atoms with Gasteiger partial charge in [-0.1, -0.05) is 6.42 Å². The first-order chi connectivity index (χ1) is 6.11. The molecule has 3 nitrogen and oxygen atoms in total. The number of ether oxygens (including phenoxy) is 2. The van der Waals surface area contributed by atoms with E-state index in [-0.39, 0.29) is 12.2 Å².